The summed E-state index contributed by atoms with van der Waals surface area (Å²) >= 11 is 6.71. The fourth-order valence-corrected chi connectivity index (χ4v) is 6.79. The molecule has 53 heavy (non-hydrogen) atoms. The SMILES string of the molecule is CCOc1ccc(Cc2cc(C3(OC)OC(CO)C(OCc4ccccc4)C(OCc4ccccc4)C3OCc3ccccc3)ccc2Cl)c(F)c1F. The number of aliphatic hydroxyl groups is 1. The predicted octanol–water partition coefficient (Wildman–Crippen LogP) is 8.55. The lowest BCUT2D eigenvalue weighted by molar-refractivity contribution is -0.384. The van der Waals surface area contributed by atoms with Gasteiger partial charge in [-0.2, -0.15) is 4.39 Å². The average molecular weight is 745 g/mol. The second-order valence-corrected chi connectivity index (χ2v) is 13.1. The highest BCUT2D eigenvalue weighted by Crippen LogP contribution is 2.44. The van der Waals surface area contributed by atoms with Gasteiger partial charge in [0.1, 0.15) is 24.4 Å². The molecule has 7 nitrogen and oxygen atoms in total. The second-order valence-electron chi connectivity index (χ2n) is 12.7. The quantitative estimate of drug-likeness (QED) is 0.109. The van der Waals surface area contributed by atoms with Gasteiger partial charge < -0.3 is 33.5 Å². The summed E-state index contributed by atoms with van der Waals surface area (Å²) in [5.74, 6) is -3.94. The Bertz CT molecular complexity index is 1900. The molecule has 0 aliphatic carbocycles. The van der Waals surface area contributed by atoms with Gasteiger partial charge in [0, 0.05) is 24.1 Å². The number of halogens is 3. The fraction of sp³-hybridized carbons (Fsp3) is 0.302. The molecule has 1 heterocycles. The van der Waals surface area contributed by atoms with Crippen molar-refractivity contribution in [3.05, 3.63) is 171 Å². The van der Waals surface area contributed by atoms with E-state index in [-0.39, 0.29) is 44.2 Å². The molecule has 5 atom stereocenters. The van der Waals surface area contributed by atoms with Gasteiger partial charge in [-0.1, -0.05) is 115 Å². The molecule has 1 aliphatic rings. The summed E-state index contributed by atoms with van der Waals surface area (Å²) in [6.45, 7) is 2.04. The second kappa shape index (κ2) is 18.2. The number of benzene rings is 5. The van der Waals surface area contributed by atoms with E-state index >= 15 is 4.39 Å². The third kappa shape index (κ3) is 8.96. The summed E-state index contributed by atoms with van der Waals surface area (Å²) in [5.41, 5.74) is 3.79. The van der Waals surface area contributed by atoms with Crippen molar-refractivity contribution < 1.29 is 42.3 Å². The summed E-state index contributed by atoms with van der Waals surface area (Å²) in [4.78, 5) is 0. The van der Waals surface area contributed by atoms with E-state index in [0.29, 0.717) is 16.1 Å². The van der Waals surface area contributed by atoms with Crippen LogP contribution in [0.2, 0.25) is 5.02 Å². The number of rotatable bonds is 16. The van der Waals surface area contributed by atoms with Crippen LogP contribution < -0.4 is 4.74 Å². The zero-order valence-corrected chi connectivity index (χ0v) is 30.4. The first-order valence-electron chi connectivity index (χ1n) is 17.6. The molecule has 1 N–H and O–H groups in total. The molecule has 1 saturated heterocycles. The average Bonchev–Trinajstić information content (AvgIpc) is 3.20. The van der Waals surface area contributed by atoms with Crippen molar-refractivity contribution in [2.24, 2.45) is 0 Å². The Hall–Kier alpha value is -4.19. The minimum Gasteiger partial charge on any atom is -0.491 e. The Morgan fingerprint density at radius 2 is 1.26 bits per heavy atom. The minimum absolute atomic E-state index is 0.0443. The Morgan fingerprint density at radius 3 is 1.81 bits per heavy atom. The normalized spacial score (nSPS) is 21.4. The number of hydrogen-bond donors (Lipinski definition) is 1. The molecule has 1 fully saturated rings. The van der Waals surface area contributed by atoms with Gasteiger partial charge in [-0.25, -0.2) is 4.39 Å². The predicted molar refractivity (Wildman–Crippen MR) is 197 cm³/mol. The lowest BCUT2D eigenvalue weighted by atomic mass is 9.86. The van der Waals surface area contributed by atoms with Gasteiger partial charge in [0.05, 0.1) is 33.0 Å². The van der Waals surface area contributed by atoms with Crippen LogP contribution in [-0.4, -0.2) is 49.8 Å². The van der Waals surface area contributed by atoms with Crippen LogP contribution in [0.4, 0.5) is 8.78 Å². The monoisotopic (exact) mass is 744 g/mol. The van der Waals surface area contributed by atoms with Crippen LogP contribution in [0.1, 0.15) is 40.3 Å². The van der Waals surface area contributed by atoms with Crippen LogP contribution in [-0.2, 0) is 55.7 Å². The van der Waals surface area contributed by atoms with Crippen molar-refractivity contribution in [2.75, 3.05) is 20.3 Å². The maximum Gasteiger partial charge on any atom is 0.225 e. The molecular formula is C43H43ClF2O7. The number of ether oxygens (including phenoxy) is 6. The van der Waals surface area contributed by atoms with E-state index < -0.39 is 48.4 Å². The van der Waals surface area contributed by atoms with Gasteiger partial charge in [0.2, 0.25) is 11.6 Å². The topological polar surface area (TPSA) is 75.6 Å². The van der Waals surface area contributed by atoms with Crippen molar-refractivity contribution in [3.63, 3.8) is 0 Å². The van der Waals surface area contributed by atoms with Gasteiger partial charge in [0.25, 0.3) is 0 Å². The molecule has 0 spiro atoms. The van der Waals surface area contributed by atoms with Crippen LogP contribution in [0.5, 0.6) is 5.75 Å². The summed E-state index contributed by atoms with van der Waals surface area (Å²) < 4.78 is 68.6. The van der Waals surface area contributed by atoms with Gasteiger partial charge in [-0.3, -0.25) is 0 Å². The molecule has 5 aromatic rings. The molecule has 10 heteroatoms. The zero-order chi connectivity index (χ0) is 37.2. The van der Waals surface area contributed by atoms with E-state index in [1.807, 2.05) is 91.0 Å². The van der Waals surface area contributed by atoms with Crippen LogP contribution >= 0.6 is 11.6 Å². The molecule has 0 radical (unpaired) electrons. The summed E-state index contributed by atoms with van der Waals surface area (Å²) in [6.07, 6.45) is -3.61. The Balaban J connectivity index is 1.42. The molecule has 0 saturated carbocycles. The summed E-state index contributed by atoms with van der Waals surface area (Å²) in [5, 5.41) is 11.2. The van der Waals surface area contributed by atoms with Crippen LogP contribution in [0.25, 0.3) is 0 Å². The third-order valence-electron chi connectivity index (χ3n) is 9.27. The highest BCUT2D eigenvalue weighted by atomic mass is 35.5. The number of hydrogen-bond acceptors (Lipinski definition) is 7. The van der Waals surface area contributed by atoms with Crippen molar-refractivity contribution in [1.82, 2.24) is 0 Å². The molecule has 0 aromatic heterocycles. The van der Waals surface area contributed by atoms with E-state index in [1.165, 1.54) is 19.2 Å². The van der Waals surface area contributed by atoms with Gasteiger partial charge in [-0.15, -0.1) is 0 Å². The number of methoxy groups -OCH3 is 1. The Kier molecular flexibility index (Phi) is 13.3. The third-order valence-corrected chi connectivity index (χ3v) is 9.64. The van der Waals surface area contributed by atoms with Gasteiger partial charge in [0.15, 0.2) is 11.6 Å². The van der Waals surface area contributed by atoms with Crippen molar-refractivity contribution >= 4 is 11.6 Å². The summed E-state index contributed by atoms with van der Waals surface area (Å²) in [7, 11) is 1.49. The van der Waals surface area contributed by atoms with E-state index in [1.54, 1.807) is 25.1 Å². The molecule has 5 aromatic carbocycles. The Morgan fingerprint density at radius 1 is 0.698 bits per heavy atom. The molecule has 0 bridgehead atoms. The fourth-order valence-electron chi connectivity index (χ4n) is 6.60. The van der Waals surface area contributed by atoms with Crippen molar-refractivity contribution in [3.8, 4) is 5.75 Å². The maximum atomic E-state index is 15.3. The smallest absolute Gasteiger partial charge is 0.225 e. The lowest BCUT2D eigenvalue weighted by Gasteiger charge is -2.52. The van der Waals surface area contributed by atoms with Gasteiger partial charge >= 0.3 is 0 Å². The standard InChI is InChI=1S/C43H43ClF2O7/c1-3-49-36-22-19-32(38(45)39(36)46)23-33-24-34(20-21-35(33)44)43(48-2)42(52-28-31-17-11-6-12-18-31)41(51-27-30-15-9-5-10-16-30)40(37(25-47)53-43)50-26-29-13-7-4-8-14-29/h4-22,24,37,40-42,47H,3,23,25-28H2,1-2H3. The van der Waals surface area contributed by atoms with Crippen LogP contribution in [0.3, 0.4) is 0 Å². The molecule has 5 unspecified atom stereocenters. The highest BCUT2D eigenvalue weighted by molar-refractivity contribution is 6.31. The van der Waals surface area contributed by atoms with Crippen LogP contribution in [0.15, 0.2) is 121 Å². The first-order valence-corrected chi connectivity index (χ1v) is 17.9. The van der Waals surface area contributed by atoms with Crippen LogP contribution in [0, 0.1) is 11.6 Å². The van der Waals surface area contributed by atoms with Gasteiger partial charge in [-0.05, 0) is 52.9 Å². The van der Waals surface area contributed by atoms with Crippen molar-refractivity contribution in [1.29, 1.82) is 0 Å². The maximum absolute atomic E-state index is 15.3. The zero-order valence-electron chi connectivity index (χ0n) is 29.6. The summed E-state index contributed by atoms with van der Waals surface area (Å²) in [6, 6.07) is 37.0. The number of aliphatic hydroxyl groups excluding tert-OH is 1. The van der Waals surface area contributed by atoms with E-state index in [2.05, 4.69) is 0 Å². The molecule has 278 valence electrons. The minimum atomic E-state index is -1.68. The first kappa shape index (κ1) is 38.5. The highest BCUT2D eigenvalue weighted by Gasteiger charge is 2.58. The molecular weight excluding hydrogens is 702 g/mol. The molecule has 0 amide bonds. The van der Waals surface area contributed by atoms with E-state index in [9.17, 15) is 9.50 Å². The largest absolute Gasteiger partial charge is 0.491 e. The lowest BCUT2D eigenvalue weighted by Crippen LogP contribution is -2.66. The van der Waals surface area contributed by atoms with E-state index in [0.717, 1.165) is 16.7 Å². The van der Waals surface area contributed by atoms with E-state index in [4.69, 9.17) is 40.0 Å². The molecule has 1 aliphatic heterocycles. The first-order chi connectivity index (χ1) is 25.9. The molecule has 6 rings (SSSR count). The Labute approximate surface area is 314 Å². The van der Waals surface area contributed by atoms with Crippen molar-refractivity contribution in [2.45, 2.75) is 63.4 Å².